The second kappa shape index (κ2) is 7.32. The largest absolute Gasteiger partial charge is 0.454 e. The second-order valence-electron chi connectivity index (χ2n) is 7.54. The summed E-state index contributed by atoms with van der Waals surface area (Å²) in [7, 11) is 0. The zero-order valence-corrected chi connectivity index (χ0v) is 17.1. The van der Waals surface area contributed by atoms with Gasteiger partial charge in [0.1, 0.15) is 5.70 Å². The Kier molecular flexibility index (Phi) is 4.47. The van der Waals surface area contributed by atoms with E-state index in [1.807, 2.05) is 56.3 Å². The maximum Gasteiger partial charge on any atom is 0.282 e. The van der Waals surface area contributed by atoms with Gasteiger partial charge in [0.25, 0.3) is 11.8 Å². The Morgan fingerprint density at radius 1 is 0.839 bits per heavy atom. The fourth-order valence-electron chi connectivity index (χ4n) is 3.79. The Hall–Kier alpha value is -4.06. The molecule has 3 aromatic carbocycles. The molecule has 2 aliphatic heterocycles. The average Bonchev–Trinajstić information content (AvgIpc) is 3.32. The minimum absolute atomic E-state index is 0.161. The van der Waals surface area contributed by atoms with Crippen LogP contribution in [0.15, 0.2) is 72.4 Å². The summed E-state index contributed by atoms with van der Waals surface area (Å²) in [4.78, 5) is 28.2. The molecule has 0 saturated carbocycles. The van der Waals surface area contributed by atoms with Gasteiger partial charge < -0.3 is 14.8 Å². The van der Waals surface area contributed by atoms with Crippen molar-refractivity contribution < 1.29 is 19.1 Å². The fourth-order valence-corrected chi connectivity index (χ4v) is 3.79. The second-order valence-corrected chi connectivity index (χ2v) is 7.54. The van der Waals surface area contributed by atoms with Gasteiger partial charge in [0.2, 0.25) is 6.79 Å². The van der Waals surface area contributed by atoms with Gasteiger partial charge in [0.05, 0.1) is 11.3 Å². The zero-order valence-electron chi connectivity index (χ0n) is 17.1. The van der Waals surface area contributed by atoms with Gasteiger partial charge in [-0.1, -0.05) is 48.0 Å². The first-order valence-corrected chi connectivity index (χ1v) is 9.95. The molecule has 154 valence electrons. The highest BCUT2D eigenvalue weighted by atomic mass is 16.7. The SMILES string of the molecule is Cc1ccc(C2=C(Nc3ccc4c(c3)OCO4)C(=O)N(c3ccccc3C)C2=O)cc1. The average molecular weight is 412 g/mol. The summed E-state index contributed by atoms with van der Waals surface area (Å²) in [5, 5.41) is 3.17. The maximum absolute atomic E-state index is 13.5. The summed E-state index contributed by atoms with van der Waals surface area (Å²) in [6.45, 7) is 4.02. The van der Waals surface area contributed by atoms with E-state index in [9.17, 15) is 9.59 Å². The number of para-hydroxylation sites is 1. The van der Waals surface area contributed by atoms with E-state index in [0.29, 0.717) is 34.0 Å². The smallest absolute Gasteiger partial charge is 0.282 e. The number of amides is 2. The van der Waals surface area contributed by atoms with Gasteiger partial charge in [0, 0.05) is 11.8 Å². The molecule has 0 radical (unpaired) electrons. The zero-order chi connectivity index (χ0) is 21.5. The number of benzene rings is 3. The lowest BCUT2D eigenvalue weighted by Crippen LogP contribution is -2.33. The number of carbonyl (C=O) groups is 2. The van der Waals surface area contributed by atoms with Crippen LogP contribution in [-0.2, 0) is 9.59 Å². The lowest BCUT2D eigenvalue weighted by Gasteiger charge is -2.17. The molecular formula is C25H20N2O4. The molecule has 1 N–H and O–H groups in total. The van der Waals surface area contributed by atoms with E-state index in [0.717, 1.165) is 11.1 Å². The van der Waals surface area contributed by atoms with E-state index in [4.69, 9.17) is 9.47 Å². The number of imide groups is 1. The van der Waals surface area contributed by atoms with Crippen molar-refractivity contribution in [1.82, 2.24) is 0 Å². The van der Waals surface area contributed by atoms with Crippen LogP contribution in [0.1, 0.15) is 16.7 Å². The Balaban J connectivity index is 1.61. The van der Waals surface area contributed by atoms with Crippen LogP contribution >= 0.6 is 0 Å². The molecule has 2 amide bonds. The number of hydrogen-bond acceptors (Lipinski definition) is 5. The van der Waals surface area contributed by atoms with Crippen molar-refractivity contribution >= 4 is 28.8 Å². The predicted octanol–water partition coefficient (Wildman–Crippen LogP) is 4.43. The summed E-state index contributed by atoms with van der Waals surface area (Å²) in [5.41, 5.74) is 4.38. The van der Waals surface area contributed by atoms with Crippen molar-refractivity contribution in [2.45, 2.75) is 13.8 Å². The molecule has 2 aliphatic rings. The Bertz CT molecular complexity index is 1240. The predicted molar refractivity (Wildman–Crippen MR) is 118 cm³/mol. The molecule has 31 heavy (non-hydrogen) atoms. The van der Waals surface area contributed by atoms with Crippen molar-refractivity contribution in [2.75, 3.05) is 17.0 Å². The molecule has 2 heterocycles. The van der Waals surface area contributed by atoms with Crippen LogP contribution in [0.3, 0.4) is 0 Å². The van der Waals surface area contributed by atoms with E-state index in [1.54, 1.807) is 24.3 Å². The third-order valence-electron chi connectivity index (χ3n) is 5.42. The van der Waals surface area contributed by atoms with E-state index in [-0.39, 0.29) is 18.4 Å². The highest BCUT2D eigenvalue weighted by Gasteiger charge is 2.40. The number of nitrogens with one attached hydrogen (secondary N) is 1. The van der Waals surface area contributed by atoms with Crippen LogP contribution in [-0.4, -0.2) is 18.6 Å². The van der Waals surface area contributed by atoms with Crippen molar-refractivity contribution in [2.24, 2.45) is 0 Å². The Morgan fingerprint density at radius 3 is 2.35 bits per heavy atom. The number of ether oxygens (including phenoxy) is 2. The van der Waals surface area contributed by atoms with Gasteiger partial charge in [-0.2, -0.15) is 0 Å². The minimum Gasteiger partial charge on any atom is -0.454 e. The Morgan fingerprint density at radius 2 is 1.58 bits per heavy atom. The molecule has 0 aliphatic carbocycles. The van der Waals surface area contributed by atoms with Crippen LogP contribution in [0, 0.1) is 13.8 Å². The van der Waals surface area contributed by atoms with E-state index in [1.165, 1.54) is 4.90 Å². The maximum atomic E-state index is 13.5. The van der Waals surface area contributed by atoms with E-state index < -0.39 is 5.91 Å². The molecule has 0 aromatic heterocycles. The van der Waals surface area contributed by atoms with Crippen LogP contribution < -0.4 is 19.7 Å². The number of hydrogen-bond donors (Lipinski definition) is 1. The van der Waals surface area contributed by atoms with Gasteiger partial charge in [0.15, 0.2) is 11.5 Å². The standard InChI is InChI=1S/C25H20N2O4/c1-15-7-9-17(10-8-15)22-23(26-18-11-12-20-21(13-18)31-14-30-20)25(29)27(24(22)28)19-6-4-3-5-16(19)2/h3-13,26H,14H2,1-2H3. The van der Waals surface area contributed by atoms with Crippen molar-refractivity contribution in [3.63, 3.8) is 0 Å². The summed E-state index contributed by atoms with van der Waals surface area (Å²) in [6, 6.07) is 20.3. The lowest BCUT2D eigenvalue weighted by atomic mass is 10.0. The molecule has 0 saturated heterocycles. The molecule has 0 atom stereocenters. The molecule has 0 fully saturated rings. The lowest BCUT2D eigenvalue weighted by molar-refractivity contribution is -0.120. The summed E-state index contributed by atoms with van der Waals surface area (Å²) in [5.74, 6) is 0.489. The quantitative estimate of drug-likeness (QED) is 0.642. The summed E-state index contributed by atoms with van der Waals surface area (Å²) < 4.78 is 10.8. The number of carbonyl (C=O) groups excluding carboxylic acids is 2. The van der Waals surface area contributed by atoms with Crippen LogP contribution in [0.4, 0.5) is 11.4 Å². The summed E-state index contributed by atoms with van der Waals surface area (Å²) >= 11 is 0. The molecule has 5 rings (SSSR count). The van der Waals surface area contributed by atoms with Crippen LogP contribution in [0.25, 0.3) is 5.57 Å². The number of nitrogens with zero attached hydrogens (tertiary/aromatic N) is 1. The van der Waals surface area contributed by atoms with Crippen molar-refractivity contribution in [1.29, 1.82) is 0 Å². The van der Waals surface area contributed by atoms with Crippen LogP contribution in [0.2, 0.25) is 0 Å². The molecule has 6 nitrogen and oxygen atoms in total. The molecule has 0 unspecified atom stereocenters. The molecule has 6 heteroatoms. The van der Waals surface area contributed by atoms with Gasteiger partial charge in [-0.05, 0) is 43.2 Å². The summed E-state index contributed by atoms with van der Waals surface area (Å²) in [6.07, 6.45) is 0. The normalized spacial score (nSPS) is 15.1. The first-order chi connectivity index (χ1) is 15.0. The molecule has 0 bridgehead atoms. The number of fused-ring (bicyclic) bond motifs is 1. The van der Waals surface area contributed by atoms with Gasteiger partial charge in [-0.15, -0.1) is 0 Å². The topological polar surface area (TPSA) is 67.9 Å². The van der Waals surface area contributed by atoms with Gasteiger partial charge in [-0.25, -0.2) is 4.90 Å². The highest BCUT2D eigenvalue weighted by molar-refractivity contribution is 6.46. The first kappa shape index (κ1) is 18.9. The van der Waals surface area contributed by atoms with E-state index >= 15 is 0 Å². The minimum atomic E-state index is -0.396. The van der Waals surface area contributed by atoms with E-state index in [2.05, 4.69) is 5.32 Å². The van der Waals surface area contributed by atoms with Gasteiger partial charge >= 0.3 is 0 Å². The Labute approximate surface area is 179 Å². The van der Waals surface area contributed by atoms with Gasteiger partial charge in [-0.3, -0.25) is 9.59 Å². The number of aryl methyl sites for hydroxylation is 2. The third kappa shape index (κ3) is 3.22. The third-order valence-corrected chi connectivity index (χ3v) is 5.42. The number of anilines is 2. The molecule has 0 spiro atoms. The molecular weight excluding hydrogens is 392 g/mol. The fraction of sp³-hybridized carbons (Fsp3) is 0.120. The monoisotopic (exact) mass is 412 g/mol. The van der Waals surface area contributed by atoms with Crippen molar-refractivity contribution in [3.05, 3.63) is 89.1 Å². The number of rotatable bonds is 4. The first-order valence-electron chi connectivity index (χ1n) is 9.95. The van der Waals surface area contributed by atoms with Crippen molar-refractivity contribution in [3.8, 4) is 11.5 Å². The molecule has 3 aromatic rings. The van der Waals surface area contributed by atoms with Crippen LogP contribution in [0.5, 0.6) is 11.5 Å². The highest BCUT2D eigenvalue weighted by Crippen LogP contribution is 2.38.